The van der Waals surface area contributed by atoms with Gasteiger partial charge < -0.3 is 25.4 Å². The number of rotatable bonds is 5. The van der Waals surface area contributed by atoms with Crippen LogP contribution in [-0.2, 0) is 6.54 Å². The monoisotopic (exact) mass is 530 g/mol. The van der Waals surface area contributed by atoms with Gasteiger partial charge in [0, 0.05) is 42.0 Å². The van der Waals surface area contributed by atoms with Gasteiger partial charge in [0.2, 0.25) is 6.79 Å². The van der Waals surface area contributed by atoms with Gasteiger partial charge in [0.25, 0.3) is 0 Å². The highest BCUT2D eigenvalue weighted by Crippen LogP contribution is 2.33. The first-order valence-corrected chi connectivity index (χ1v) is 11.2. The van der Waals surface area contributed by atoms with Gasteiger partial charge in [-0.25, -0.2) is 9.97 Å². The van der Waals surface area contributed by atoms with E-state index in [1.54, 1.807) is 6.33 Å². The Morgan fingerprint density at radius 3 is 2.55 bits per heavy atom. The highest BCUT2D eigenvalue weighted by molar-refractivity contribution is 14.1. The maximum absolute atomic E-state index is 6.43. The number of nitrogens with one attached hydrogen (secondary N) is 1. The zero-order valence-corrected chi connectivity index (χ0v) is 19.1. The van der Waals surface area contributed by atoms with Crippen LogP contribution in [0.3, 0.4) is 0 Å². The molecular formula is C22H23IN6O2. The number of benzene rings is 2. The lowest BCUT2D eigenvalue weighted by molar-refractivity contribution is 0.174. The van der Waals surface area contributed by atoms with Crippen molar-refractivity contribution in [3.63, 3.8) is 0 Å². The molecule has 5 rings (SSSR count). The van der Waals surface area contributed by atoms with Crippen LogP contribution in [0.4, 0.5) is 23.0 Å². The lowest BCUT2D eigenvalue weighted by Gasteiger charge is -2.36. The number of halogens is 1. The Morgan fingerprint density at radius 2 is 1.74 bits per heavy atom. The van der Waals surface area contributed by atoms with Crippen LogP contribution in [-0.4, -0.2) is 47.8 Å². The van der Waals surface area contributed by atoms with E-state index in [-0.39, 0.29) is 0 Å². The molecule has 1 saturated heterocycles. The van der Waals surface area contributed by atoms with Gasteiger partial charge in [-0.1, -0.05) is 6.07 Å². The molecule has 1 aromatic heterocycles. The highest BCUT2D eigenvalue weighted by Gasteiger charge is 2.22. The van der Waals surface area contributed by atoms with Crippen LogP contribution in [0.5, 0.6) is 11.5 Å². The van der Waals surface area contributed by atoms with Gasteiger partial charge in [-0.15, -0.1) is 0 Å². The number of fused-ring (bicyclic) bond motifs is 1. The van der Waals surface area contributed by atoms with Gasteiger partial charge in [0.05, 0.1) is 0 Å². The topological polar surface area (TPSA) is 88.8 Å². The van der Waals surface area contributed by atoms with Crippen LogP contribution in [0.25, 0.3) is 0 Å². The molecule has 9 heteroatoms. The first kappa shape index (κ1) is 20.1. The maximum Gasteiger partial charge on any atom is 0.231 e. The van der Waals surface area contributed by atoms with Crippen molar-refractivity contribution in [2.24, 2.45) is 0 Å². The number of aromatic nitrogens is 2. The van der Waals surface area contributed by atoms with E-state index in [1.165, 1.54) is 9.13 Å². The third kappa shape index (κ3) is 4.47. The zero-order chi connectivity index (χ0) is 21.2. The third-order valence-corrected chi connectivity index (χ3v) is 6.20. The summed E-state index contributed by atoms with van der Waals surface area (Å²) in [6, 6.07) is 14.3. The minimum absolute atomic E-state index is 0.304. The third-order valence-electron chi connectivity index (χ3n) is 5.48. The van der Waals surface area contributed by atoms with Gasteiger partial charge in [-0.05, 0) is 64.6 Å². The number of piperazine rings is 1. The summed E-state index contributed by atoms with van der Waals surface area (Å²) in [7, 11) is 0. The molecule has 0 atom stereocenters. The van der Waals surface area contributed by atoms with Crippen LogP contribution >= 0.6 is 22.6 Å². The largest absolute Gasteiger partial charge is 0.454 e. The molecule has 0 spiro atoms. The average Bonchev–Trinajstić information content (AvgIpc) is 3.25. The second kappa shape index (κ2) is 8.75. The van der Waals surface area contributed by atoms with E-state index in [1.807, 2.05) is 30.3 Å². The number of hydrogen-bond donors (Lipinski definition) is 2. The quantitative estimate of drug-likeness (QED) is 0.486. The lowest BCUT2D eigenvalue weighted by Crippen LogP contribution is -2.46. The molecule has 1 fully saturated rings. The van der Waals surface area contributed by atoms with Crippen molar-refractivity contribution in [1.29, 1.82) is 0 Å². The fourth-order valence-electron chi connectivity index (χ4n) is 3.82. The molecule has 0 aliphatic carbocycles. The molecule has 3 N–H and O–H groups in total. The van der Waals surface area contributed by atoms with E-state index in [9.17, 15) is 0 Å². The van der Waals surface area contributed by atoms with Crippen molar-refractivity contribution < 1.29 is 9.47 Å². The lowest BCUT2D eigenvalue weighted by atomic mass is 10.1. The predicted molar refractivity (Wildman–Crippen MR) is 129 cm³/mol. The Balaban J connectivity index is 1.22. The van der Waals surface area contributed by atoms with Crippen molar-refractivity contribution >= 4 is 45.6 Å². The van der Waals surface area contributed by atoms with Crippen molar-refractivity contribution in [2.75, 3.05) is 48.9 Å². The summed E-state index contributed by atoms with van der Waals surface area (Å²) < 4.78 is 12.1. The summed E-state index contributed by atoms with van der Waals surface area (Å²) in [4.78, 5) is 13.5. The normalized spacial score (nSPS) is 15.8. The van der Waals surface area contributed by atoms with Crippen LogP contribution in [0.1, 0.15) is 5.56 Å². The van der Waals surface area contributed by atoms with Gasteiger partial charge in [-0.3, -0.25) is 4.90 Å². The fourth-order valence-corrected chi connectivity index (χ4v) is 4.18. The Morgan fingerprint density at radius 1 is 0.968 bits per heavy atom. The molecule has 2 aliphatic rings. The first-order valence-electron chi connectivity index (χ1n) is 10.1. The minimum atomic E-state index is 0.304. The molecule has 0 bridgehead atoms. The summed E-state index contributed by atoms with van der Waals surface area (Å²) in [5.41, 5.74) is 9.18. The molecule has 2 aromatic carbocycles. The average molecular weight is 530 g/mol. The predicted octanol–water partition coefficient (Wildman–Crippen LogP) is 3.46. The summed E-state index contributed by atoms with van der Waals surface area (Å²) in [6.07, 6.45) is 1.57. The van der Waals surface area contributed by atoms with Gasteiger partial charge in [-0.2, -0.15) is 0 Å². The zero-order valence-electron chi connectivity index (χ0n) is 16.9. The van der Waals surface area contributed by atoms with E-state index in [2.05, 4.69) is 59.8 Å². The van der Waals surface area contributed by atoms with Crippen LogP contribution in [0.15, 0.2) is 48.8 Å². The maximum atomic E-state index is 6.43. The minimum Gasteiger partial charge on any atom is -0.454 e. The smallest absolute Gasteiger partial charge is 0.231 e. The summed E-state index contributed by atoms with van der Waals surface area (Å²) in [6.45, 7) is 4.75. The molecule has 0 amide bonds. The molecule has 31 heavy (non-hydrogen) atoms. The molecule has 0 radical (unpaired) electrons. The number of nitrogens with zero attached hydrogens (tertiary/aromatic N) is 4. The Kier molecular flexibility index (Phi) is 5.68. The number of nitrogen functional groups attached to an aromatic ring is 1. The summed E-state index contributed by atoms with van der Waals surface area (Å²) in [5, 5.41) is 3.30. The fraction of sp³-hybridized carbons (Fsp3) is 0.273. The number of ether oxygens (including phenoxy) is 2. The summed E-state index contributed by atoms with van der Waals surface area (Å²) >= 11 is 2.28. The van der Waals surface area contributed by atoms with Crippen molar-refractivity contribution in [2.45, 2.75) is 6.54 Å². The van der Waals surface area contributed by atoms with E-state index >= 15 is 0 Å². The first-order chi connectivity index (χ1) is 15.2. The second-order valence-corrected chi connectivity index (χ2v) is 8.79. The SMILES string of the molecule is Nc1c(Nc2ccc(I)cc2)ncnc1N1CCN(Cc2ccc3c(c2)OCO3)CC1. The van der Waals surface area contributed by atoms with Crippen molar-refractivity contribution in [1.82, 2.24) is 14.9 Å². The van der Waals surface area contributed by atoms with Crippen LogP contribution in [0, 0.1) is 3.57 Å². The molecule has 3 heterocycles. The van der Waals surface area contributed by atoms with Crippen molar-refractivity contribution in [3.8, 4) is 11.5 Å². The number of nitrogens with two attached hydrogens (primary N) is 1. The Hall–Kier alpha value is -2.79. The van der Waals surface area contributed by atoms with E-state index < -0.39 is 0 Å². The summed E-state index contributed by atoms with van der Waals surface area (Å²) in [5.74, 6) is 3.07. The van der Waals surface area contributed by atoms with E-state index in [4.69, 9.17) is 15.2 Å². The second-order valence-electron chi connectivity index (χ2n) is 7.54. The molecule has 0 unspecified atom stereocenters. The van der Waals surface area contributed by atoms with Gasteiger partial charge in [0.15, 0.2) is 23.1 Å². The standard InChI is InChI=1S/C22H23IN6O2/c23-16-2-4-17(5-3-16)27-21-20(24)22(26-13-25-21)29-9-7-28(8-10-29)12-15-1-6-18-19(11-15)31-14-30-18/h1-6,11,13H,7-10,12,14,24H2,(H,25,26,27). The number of anilines is 4. The molecule has 160 valence electrons. The van der Waals surface area contributed by atoms with Gasteiger partial charge in [0.1, 0.15) is 12.0 Å². The van der Waals surface area contributed by atoms with Crippen molar-refractivity contribution in [3.05, 3.63) is 57.9 Å². The highest BCUT2D eigenvalue weighted by atomic mass is 127. The van der Waals surface area contributed by atoms with Gasteiger partial charge >= 0.3 is 0 Å². The van der Waals surface area contributed by atoms with Crippen LogP contribution in [0.2, 0.25) is 0 Å². The van der Waals surface area contributed by atoms with E-state index in [0.717, 1.165) is 55.7 Å². The molecule has 0 saturated carbocycles. The number of hydrogen-bond acceptors (Lipinski definition) is 8. The molecular weight excluding hydrogens is 507 g/mol. The van der Waals surface area contributed by atoms with Crippen LogP contribution < -0.4 is 25.4 Å². The molecule has 8 nitrogen and oxygen atoms in total. The Labute approximate surface area is 194 Å². The Bertz CT molecular complexity index is 1070. The molecule has 2 aliphatic heterocycles. The van der Waals surface area contributed by atoms with E-state index in [0.29, 0.717) is 18.3 Å². The molecule has 3 aromatic rings.